The van der Waals surface area contributed by atoms with Gasteiger partial charge in [-0.1, -0.05) is 167 Å². The molecule has 1 heteroatoms. The van der Waals surface area contributed by atoms with Gasteiger partial charge in [0, 0.05) is 22.4 Å². The Hall–Kier alpha value is -5.66. The van der Waals surface area contributed by atoms with Gasteiger partial charge >= 0.3 is 0 Å². The molecule has 0 amide bonds. The second kappa shape index (κ2) is 13.7. The molecule has 0 radical (unpaired) electrons. The predicted octanol–water partition coefficient (Wildman–Crippen LogP) is 14.8. The zero-order valence-corrected chi connectivity index (χ0v) is 31.1. The maximum Gasteiger partial charge on any atom is 0.0540 e. The molecule has 1 fully saturated rings. The largest absolute Gasteiger partial charge is 0.310 e. The van der Waals surface area contributed by atoms with Crippen molar-refractivity contribution in [2.75, 3.05) is 4.90 Å². The predicted molar refractivity (Wildman–Crippen MR) is 226 cm³/mol. The third-order valence-electron chi connectivity index (χ3n) is 12.0. The molecule has 0 aliphatic heterocycles. The van der Waals surface area contributed by atoms with Gasteiger partial charge in [0.15, 0.2) is 0 Å². The average molecular weight is 686 g/mol. The lowest BCUT2D eigenvalue weighted by Gasteiger charge is -2.30. The highest BCUT2D eigenvalue weighted by Gasteiger charge is 2.37. The van der Waals surface area contributed by atoms with Crippen LogP contribution < -0.4 is 4.90 Å². The van der Waals surface area contributed by atoms with E-state index in [-0.39, 0.29) is 5.41 Å². The summed E-state index contributed by atoms with van der Waals surface area (Å²) in [6.07, 6.45) is 6.76. The molecular weight excluding hydrogens is 639 g/mol. The van der Waals surface area contributed by atoms with Crippen molar-refractivity contribution < 1.29 is 0 Å². The van der Waals surface area contributed by atoms with Gasteiger partial charge in [-0.3, -0.25) is 0 Å². The summed E-state index contributed by atoms with van der Waals surface area (Å²) < 4.78 is 0. The fourth-order valence-corrected chi connectivity index (χ4v) is 9.20. The fourth-order valence-electron chi connectivity index (χ4n) is 9.20. The molecule has 260 valence electrons. The molecule has 2 aliphatic carbocycles. The second-order valence-corrected chi connectivity index (χ2v) is 15.6. The molecule has 0 unspecified atom stereocenters. The van der Waals surface area contributed by atoms with Crippen molar-refractivity contribution in [3.8, 4) is 44.5 Å². The van der Waals surface area contributed by atoms with E-state index in [1.54, 1.807) is 0 Å². The van der Waals surface area contributed by atoms with E-state index in [0.717, 1.165) is 23.0 Å². The third-order valence-corrected chi connectivity index (χ3v) is 12.0. The van der Waals surface area contributed by atoms with Gasteiger partial charge in [0.2, 0.25) is 0 Å². The van der Waals surface area contributed by atoms with E-state index in [1.807, 2.05) is 0 Å². The smallest absolute Gasteiger partial charge is 0.0540 e. The lowest BCUT2D eigenvalue weighted by Crippen LogP contribution is -2.17. The summed E-state index contributed by atoms with van der Waals surface area (Å²) in [5, 5.41) is 0. The van der Waals surface area contributed by atoms with Crippen LogP contribution in [0.5, 0.6) is 0 Å². The Labute approximate surface area is 315 Å². The molecule has 0 saturated heterocycles. The van der Waals surface area contributed by atoms with Gasteiger partial charge in [-0.25, -0.2) is 0 Å². The second-order valence-electron chi connectivity index (χ2n) is 15.6. The number of hydrogen-bond acceptors (Lipinski definition) is 1. The Kier molecular flexibility index (Phi) is 8.59. The summed E-state index contributed by atoms with van der Waals surface area (Å²) >= 11 is 0. The van der Waals surface area contributed by atoms with Gasteiger partial charge < -0.3 is 4.90 Å². The summed E-state index contributed by atoms with van der Waals surface area (Å²) in [5.41, 5.74) is 19.1. The number of nitrogens with zero attached hydrogens (tertiary/aromatic N) is 1. The highest BCUT2D eigenvalue weighted by Crippen LogP contribution is 2.52. The van der Waals surface area contributed by atoms with Crippen molar-refractivity contribution in [3.05, 3.63) is 186 Å². The zero-order valence-electron chi connectivity index (χ0n) is 31.1. The van der Waals surface area contributed by atoms with Crippen LogP contribution in [0.15, 0.2) is 164 Å². The highest BCUT2D eigenvalue weighted by molar-refractivity contribution is 5.95. The molecule has 2 aliphatic rings. The van der Waals surface area contributed by atoms with Crippen molar-refractivity contribution in [3.63, 3.8) is 0 Å². The van der Waals surface area contributed by atoms with E-state index in [0.29, 0.717) is 0 Å². The molecule has 7 aromatic carbocycles. The van der Waals surface area contributed by atoms with Gasteiger partial charge in [0.25, 0.3) is 0 Å². The number of anilines is 3. The van der Waals surface area contributed by atoms with E-state index in [4.69, 9.17) is 0 Å². The van der Waals surface area contributed by atoms with Crippen molar-refractivity contribution >= 4 is 17.1 Å². The third kappa shape index (κ3) is 5.99. The monoisotopic (exact) mass is 685 g/mol. The Bertz CT molecular complexity index is 2390. The van der Waals surface area contributed by atoms with Crippen LogP contribution in [-0.2, 0) is 5.41 Å². The number of aryl methyl sites for hydroxylation is 1. The first kappa shape index (κ1) is 33.2. The normalized spacial score (nSPS) is 14.8. The van der Waals surface area contributed by atoms with E-state index < -0.39 is 0 Å². The van der Waals surface area contributed by atoms with E-state index in [9.17, 15) is 0 Å². The molecule has 0 spiro atoms. The molecule has 1 saturated carbocycles. The fraction of sp³-hybridized carbons (Fsp3) is 0.192. The lowest BCUT2D eigenvalue weighted by molar-refractivity contribution is 0.443. The van der Waals surface area contributed by atoms with Gasteiger partial charge in [-0.05, 0) is 117 Å². The molecule has 53 heavy (non-hydrogen) atoms. The quantitative estimate of drug-likeness (QED) is 0.161. The topological polar surface area (TPSA) is 3.24 Å². The highest BCUT2D eigenvalue weighted by atomic mass is 15.1. The summed E-state index contributed by atoms with van der Waals surface area (Å²) in [7, 11) is 0. The number of para-hydroxylation sites is 1. The first-order valence-electron chi connectivity index (χ1n) is 19.5. The molecule has 0 atom stereocenters. The Balaban J connectivity index is 1.17. The van der Waals surface area contributed by atoms with E-state index >= 15 is 0 Å². The van der Waals surface area contributed by atoms with Crippen molar-refractivity contribution in [2.45, 2.75) is 64.2 Å². The first-order valence-corrected chi connectivity index (χ1v) is 19.5. The minimum absolute atomic E-state index is 0.106. The molecule has 0 aromatic heterocycles. The maximum absolute atomic E-state index is 2.47. The molecule has 1 nitrogen and oxygen atoms in total. The molecule has 7 aromatic rings. The molecular formula is C52H47N. The molecule has 9 rings (SSSR count). The van der Waals surface area contributed by atoms with Gasteiger partial charge in [0.1, 0.15) is 0 Å². The van der Waals surface area contributed by atoms with Gasteiger partial charge in [-0.2, -0.15) is 0 Å². The Morgan fingerprint density at radius 1 is 0.472 bits per heavy atom. The SMILES string of the molecule is Cc1cccc2c1-c1ccc(N(c3ccc(-c4ccc(C5CCCCC5)cc4)cc3)c3ccccc3-c3ccccc3-c3ccccc3)cc1C2(C)C. The molecule has 0 N–H and O–H groups in total. The van der Waals surface area contributed by atoms with Crippen LogP contribution in [0.2, 0.25) is 0 Å². The van der Waals surface area contributed by atoms with Crippen LogP contribution in [0.1, 0.15) is 74.1 Å². The maximum atomic E-state index is 2.47. The number of hydrogen-bond donors (Lipinski definition) is 0. The minimum Gasteiger partial charge on any atom is -0.310 e. The van der Waals surface area contributed by atoms with Crippen molar-refractivity contribution in [1.29, 1.82) is 0 Å². The first-order chi connectivity index (χ1) is 26.0. The van der Waals surface area contributed by atoms with Crippen LogP contribution >= 0.6 is 0 Å². The van der Waals surface area contributed by atoms with Crippen molar-refractivity contribution in [2.24, 2.45) is 0 Å². The van der Waals surface area contributed by atoms with Gasteiger partial charge in [-0.15, -0.1) is 0 Å². The lowest BCUT2D eigenvalue weighted by atomic mass is 9.82. The summed E-state index contributed by atoms with van der Waals surface area (Å²) in [6.45, 7) is 7.00. The number of rotatable bonds is 7. The summed E-state index contributed by atoms with van der Waals surface area (Å²) in [6, 6.07) is 61.0. The van der Waals surface area contributed by atoms with E-state index in [1.165, 1.54) is 98.9 Å². The summed E-state index contributed by atoms with van der Waals surface area (Å²) in [4.78, 5) is 2.47. The van der Waals surface area contributed by atoms with E-state index in [2.05, 4.69) is 189 Å². The van der Waals surface area contributed by atoms with Crippen LogP contribution in [0.4, 0.5) is 17.1 Å². The minimum atomic E-state index is -0.106. The Morgan fingerprint density at radius 3 is 1.83 bits per heavy atom. The molecule has 0 bridgehead atoms. The van der Waals surface area contributed by atoms with Crippen molar-refractivity contribution in [1.82, 2.24) is 0 Å². The Morgan fingerprint density at radius 2 is 1.09 bits per heavy atom. The van der Waals surface area contributed by atoms with Crippen LogP contribution in [0, 0.1) is 6.92 Å². The molecule has 0 heterocycles. The van der Waals surface area contributed by atoms with Crippen LogP contribution in [-0.4, -0.2) is 0 Å². The van der Waals surface area contributed by atoms with Crippen LogP contribution in [0.25, 0.3) is 44.5 Å². The van der Waals surface area contributed by atoms with Crippen LogP contribution in [0.3, 0.4) is 0 Å². The zero-order chi connectivity index (χ0) is 35.9. The average Bonchev–Trinajstić information content (AvgIpc) is 3.45. The van der Waals surface area contributed by atoms with Gasteiger partial charge in [0.05, 0.1) is 5.69 Å². The standard InChI is InChI=1S/C52H47N/c1-36-15-14-23-48-51(36)47-34-33-43(35-49(47)52(48,2)3)53(42-31-29-40(30-32-42)39-27-25-38(26-28-39)37-16-6-4-7-17-37)50-24-13-12-22-46(50)45-21-11-10-20-44(45)41-18-8-5-9-19-41/h5,8-15,18-35,37H,4,6-7,16-17H2,1-3H3. The number of benzene rings is 7. The summed E-state index contributed by atoms with van der Waals surface area (Å²) in [5.74, 6) is 0.717. The number of fused-ring (bicyclic) bond motifs is 3.